The molecule has 7 heteroatoms. The number of nitro groups is 1. The zero-order valence-corrected chi connectivity index (χ0v) is 16.6. The first kappa shape index (κ1) is 19.5. The Hall–Kier alpha value is -3.84. The van der Waals surface area contributed by atoms with Gasteiger partial charge >= 0.3 is 6.03 Å². The smallest absolute Gasteiger partial charge is 0.307 e. The SMILES string of the molecule is O=C(Nc1ccccc1Sc1ccc([N+](=O)[O-])cc1)Nc1cccc2ccccc12. The second-order valence-corrected chi connectivity index (χ2v) is 7.57. The van der Waals surface area contributed by atoms with Gasteiger partial charge in [0, 0.05) is 27.3 Å². The quantitative estimate of drug-likeness (QED) is 0.286. The highest BCUT2D eigenvalue weighted by Crippen LogP contribution is 2.34. The number of non-ortho nitro benzene ring substituents is 1. The zero-order valence-electron chi connectivity index (χ0n) is 15.7. The maximum absolute atomic E-state index is 12.6. The van der Waals surface area contributed by atoms with E-state index >= 15 is 0 Å². The molecule has 4 aromatic carbocycles. The number of rotatable bonds is 5. The maximum Gasteiger partial charge on any atom is 0.323 e. The highest BCUT2D eigenvalue weighted by molar-refractivity contribution is 7.99. The maximum atomic E-state index is 12.6. The van der Waals surface area contributed by atoms with Crippen LogP contribution in [0.1, 0.15) is 0 Å². The van der Waals surface area contributed by atoms with Gasteiger partial charge in [0.25, 0.3) is 5.69 Å². The third-order valence-electron chi connectivity index (χ3n) is 4.45. The second kappa shape index (κ2) is 8.67. The molecule has 2 N–H and O–H groups in total. The van der Waals surface area contributed by atoms with Crippen LogP contribution < -0.4 is 10.6 Å². The molecular weight excluding hydrogens is 398 g/mol. The number of hydrogen-bond acceptors (Lipinski definition) is 4. The molecule has 0 aliphatic carbocycles. The van der Waals surface area contributed by atoms with Crippen LogP contribution >= 0.6 is 11.8 Å². The lowest BCUT2D eigenvalue weighted by molar-refractivity contribution is -0.384. The number of nitrogens with zero attached hydrogens (tertiary/aromatic N) is 1. The van der Waals surface area contributed by atoms with Crippen molar-refractivity contribution in [2.75, 3.05) is 10.6 Å². The van der Waals surface area contributed by atoms with Crippen LogP contribution in [0.3, 0.4) is 0 Å². The van der Waals surface area contributed by atoms with Crippen molar-refractivity contribution in [3.63, 3.8) is 0 Å². The predicted octanol–water partition coefficient (Wildman–Crippen LogP) is 6.54. The average Bonchev–Trinajstić information content (AvgIpc) is 2.76. The number of carbonyl (C=O) groups excluding carboxylic acids is 1. The number of benzene rings is 4. The molecule has 0 aromatic heterocycles. The van der Waals surface area contributed by atoms with Crippen molar-refractivity contribution < 1.29 is 9.72 Å². The monoisotopic (exact) mass is 415 g/mol. The summed E-state index contributed by atoms with van der Waals surface area (Å²) in [5.41, 5.74) is 1.42. The Kier molecular flexibility index (Phi) is 5.63. The molecule has 0 aliphatic heterocycles. The highest BCUT2D eigenvalue weighted by atomic mass is 32.2. The van der Waals surface area contributed by atoms with Crippen molar-refractivity contribution in [1.82, 2.24) is 0 Å². The van der Waals surface area contributed by atoms with E-state index in [1.54, 1.807) is 12.1 Å². The van der Waals surface area contributed by atoms with Crippen molar-refractivity contribution in [2.45, 2.75) is 9.79 Å². The molecule has 0 unspecified atom stereocenters. The van der Waals surface area contributed by atoms with Crippen LogP contribution in [-0.4, -0.2) is 11.0 Å². The Balaban J connectivity index is 1.51. The highest BCUT2D eigenvalue weighted by Gasteiger charge is 2.11. The van der Waals surface area contributed by atoms with Crippen molar-refractivity contribution in [3.8, 4) is 0 Å². The molecule has 30 heavy (non-hydrogen) atoms. The van der Waals surface area contributed by atoms with Gasteiger partial charge in [-0.15, -0.1) is 0 Å². The van der Waals surface area contributed by atoms with E-state index in [2.05, 4.69) is 10.6 Å². The van der Waals surface area contributed by atoms with Crippen LogP contribution in [0.25, 0.3) is 10.8 Å². The molecule has 0 heterocycles. The van der Waals surface area contributed by atoms with Gasteiger partial charge in [-0.1, -0.05) is 60.3 Å². The van der Waals surface area contributed by atoms with Gasteiger partial charge in [0.1, 0.15) is 0 Å². The van der Waals surface area contributed by atoms with E-state index < -0.39 is 4.92 Å². The molecule has 0 radical (unpaired) electrons. The molecule has 0 saturated heterocycles. The lowest BCUT2D eigenvalue weighted by Gasteiger charge is -2.13. The van der Waals surface area contributed by atoms with Crippen LogP contribution in [0.5, 0.6) is 0 Å². The zero-order chi connectivity index (χ0) is 20.9. The Bertz CT molecular complexity index is 1220. The molecule has 0 atom stereocenters. The number of anilines is 2. The van der Waals surface area contributed by atoms with Crippen molar-refractivity contribution in [3.05, 3.63) is 101 Å². The molecule has 2 amide bonds. The minimum atomic E-state index is -0.429. The van der Waals surface area contributed by atoms with Crippen LogP contribution in [-0.2, 0) is 0 Å². The third-order valence-corrected chi connectivity index (χ3v) is 5.53. The molecule has 0 bridgehead atoms. The Morgan fingerprint density at radius 2 is 1.40 bits per heavy atom. The van der Waals surface area contributed by atoms with E-state index in [9.17, 15) is 14.9 Å². The molecule has 6 nitrogen and oxygen atoms in total. The topological polar surface area (TPSA) is 84.3 Å². The third kappa shape index (κ3) is 4.42. The summed E-state index contributed by atoms with van der Waals surface area (Å²) in [4.78, 5) is 24.7. The number of nitrogens with one attached hydrogen (secondary N) is 2. The fourth-order valence-electron chi connectivity index (χ4n) is 3.03. The summed E-state index contributed by atoms with van der Waals surface area (Å²) in [6.07, 6.45) is 0. The first-order chi connectivity index (χ1) is 14.6. The number of carbonyl (C=O) groups is 1. The van der Waals surface area contributed by atoms with Crippen molar-refractivity contribution >= 4 is 45.6 Å². The molecular formula is C23H17N3O3S. The summed E-state index contributed by atoms with van der Waals surface area (Å²) < 4.78 is 0. The lowest BCUT2D eigenvalue weighted by atomic mass is 10.1. The van der Waals surface area contributed by atoms with Gasteiger partial charge < -0.3 is 10.6 Å². The van der Waals surface area contributed by atoms with Crippen LogP contribution in [0, 0.1) is 10.1 Å². The summed E-state index contributed by atoms with van der Waals surface area (Å²) in [6.45, 7) is 0. The van der Waals surface area contributed by atoms with Gasteiger partial charge in [-0.2, -0.15) is 0 Å². The van der Waals surface area contributed by atoms with E-state index in [-0.39, 0.29) is 11.7 Å². The van der Waals surface area contributed by atoms with Crippen LogP contribution in [0.2, 0.25) is 0 Å². The fraction of sp³-hybridized carbons (Fsp3) is 0. The minimum Gasteiger partial charge on any atom is -0.307 e. The number of amides is 2. The number of nitro benzene ring substituents is 1. The molecule has 4 rings (SSSR count). The summed E-state index contributed by atoms with van der Waals surface area (Å²) in [6, 6.07) is 27.0. The van der Waals surface area contributed by atoms with E-state index in [0.717, 1.165) is 26.3 Å². The molecule has 4 aromatic rings. The Morgan fingerprint density at radius 1 is 0.767 bits per heavy atom. The molecule has 0 saturated carbocycles. The number of urea groups is 1. The lowest BCUT2D eigenvalue weighted by Crippen LogP contribution is -2.19. The van der Waals surface area contributed by atoms with Gasteiger partial charge in [0.2, 0.25) is 0 Å². The number of para-hydroxylation sites is 1. The summed E-state index contributed by atoms with van der Waals surface area (Å²) in [5, 5.41) is 18.6. The fourth-order valence-corrected chi connectivity index (χ4v) is 3.93. The first-order valence-corrected chi connectivity index (χ1v) is 9.99. The number of fused-ring (bicyclic) bond motifs is 1. The molecule has 0 spiro atoms. The average molecular weight is 415 g/mol. The van der Waals surface area contributed by atoms with Gasteiger partial charge in [-0.05, 0) is 35.7 Å². The van der Waals surface area contributed by atoms with Crippen molar-refractivity contribution in [1.29, 1.82) is 0 Å². The molecule has 148 valence electrons. The minimum absolute atomic E-state index is 0.0419. The second-order valence-electron chi connectivity index (χ2n) is 6.46. The van der Waals surface area contributed by atoms with E-state index in [1.165, 1.54) is 23.9 Å². The van der Waals surface area contributed by atoms with E-state index in [1.807, 2.05) is 66.7 Å². The summed E-state index contributed by atoms with van der Waals surface area (Å²) >= 11 is 1.42. The van der Waals surface area contributed by atoms with Crippen LogP contribution in [0.15, 0.2) is 101 Å². The van der Waals surface area contributed by atoms with Crippen LogP contribution in [0.4, 0.5) is 21.9 Å². The Morgan fingerprint density at radius 3 is 2.20 bits per heavy atom. The van der Waals surface area contributed by atoms with Crippen molar-refractivity contribution in [2.24, 2.45) is 0 Å². The Labute approximate surface area is 177 Å². The predicted molar refractivity (Wildman–Crippen MR) is 120 cm³/mol. The number of hydrogen-bond donors (Lipinski definition) is 2. The molecule has 0 aliphatic rings. The van der Waals surface area contributed by atoms with Gasteiger partial charge in [0.15, 0.2) is 0 Å². The molecule has 0 fully saturated rings. The first-order valence-electron chi connectivity index (χ1n) is 9.17. The van der Waals surface area contributed by atoms with Gasteiger partial charge in [0.05, 0.1) is 16.3 Å². The normalized spacial score (nSPS) is 10.5. The summed E-state index contributed by atoms with van der Waals surface area (Å²) in [7, 11) is 0. The largest absolute Gasteiger partial charge is 0.323 e. The standard InChI is InChI=1S/C23H17N3O3S/c27-23(24-20-10-5-7-16-6-1-2-8-19(16)20)25-21-9-3-4-11-22(21)30-18-14-12-17(13-15-18)26(28)29/h1-15H,(H2,24,25,27). The summed E-state index contributed by atoms with van der Waals surface area (Å²) in [5.74, 6) is 0. The van der Waals surface area contributed by atoms with E-state index in [4.69, 9.17) is 0 Å². The van der Waals surface area contributed by atoms with E-state index in [0.29, 0.717) is 5.69 Å². The van der Waals surface area contributed by atoms with Gasteiger partial charge in [-0.25, -0.2) is 4.79 Å². The van der Waals surface area contributed by atoms with Gasteiger partial charge in [-0.3, -0.25) is 10.1 Å².